The minimum atomic E-state index is -0.513. The van der Waals surface area contributed by atoms with E-state index in [9.17, 15) is 9.59 Å². The smallest absolute Gasteiger partial charge is 0.269 e. The van der Waals surface area contributed by atoms with E-state index < -0.39 is 11.8 Å². The van der Waals surface area contributed by atoms with Crippen molar-refractivity contribution in [2.45, 2.75) is 33.3 Å². The van der Waals surface area contributed by atoms with Crippen molar-refractivity contribution in [2.75, 3.05) is 20.8 Å². The summed E-state index contributed by atoms with van der Waals surface area (Å²) in [6.07, 6.45) is 0.794. The number of hydrazine groups is 1. The number of halogens is 1. The maximum atomic E-state index is 12.5. The fourth-order valence-corrected chi connectivity index (χ4v) is 3.17. The van der Waals surface area contributed by atoms with Gasteiger partial charge in [0.2, 0.25) is 0 Å². The van der Waals surface area contributed by atoms with Gasteiger partial charge in [0.15, 0.2) is 23.0 Å². The summed E-state index contributed by atoms with van der Waals surface area (Å²) in [6.45, 7) is 6.29. The van der Waals surface area contributed by atoms with Crippen LogP contribution < -0.4 is 29.8 Å². The van der Waals surface area contributed by atoms with Gasteiger partial charge in [-0.3, -0.25) is 20.4 Å². The van der Waals surface area contributed by atoms with E-state index in [1.54, 1.807) is 24.3 Å². The predicted molar refractivity (Wildman–Crippen MR) is 120 cm³/mol. The zero-order valence-corrected chi connectivity index (χ0v) is 19.8. The number of carbonyl (C=O) groups is 2. The summed E-state index contributed by atoms with van der Waals surface area (Å²) in [7, 11) is 2.98. The first-order valence-electron chi connectivity index (χ1n) is 9.76. The molecule has 0 aliphatic carbocycles. The van der Waals surface area contributed by atoms with Gasteiger partial charge in [-0.15, -0.1) is 0 Å². The summed E-state index contributed by atoms with van der Waals surface area (Å²) in [6, 6.07) is 7.90. The van der Waals surface area contributed by atoms with E-state index >= 15 is 0 Å². The number of hydrogen-bond donors (Lipinski definition) is 2. The molecule has 8 nitrogen and oxygen atoms in total. The van der Waals surface area contributed by atoms with Gasteiger partial charge in [0.1, 0.15) is 0 Å². The lowest BCUT2D eigenvalue weighted by Gasteiger charge is -2.15. The van der Waals surface area contributed by atoms with Crippen LogP contribution in [0.25, 0.3) is 0 Å². The zero-order valence-electron chi connectivity index (χ0n) is 18.2. The molecule has 9 heteroatoms. The third-order valence-electron chi connectivity index (χ3n) is 4.02. The standard InChI is InChI=1S/C22H27BrN2O6/c1-6-9-30-20-16(23)10-15(12-19(20)29-5)22(27)25-24-21(26)14-7-8-17(31-13(2)3)18(11-14)28-4/h7-8,10-13H,6,9H2,1-5H3,(H,24,26)(H,25,27). The molecule has 0 saturated carbocycles. The highest BCUT2D eigenvalue weighted by Crippen LogP contribution is 2.36. The lowest BCUT2D eigenvalue weighted by Crippen LogP contribution is -2.41. The first-order chi connectivity index (χ1) is 14.8. The minimum absolute atomic E-state index is 0.0389. The Morgan fingerprint density at radius 1 is 0.935 bits per heavy atom. The molecule has 2 amide bonds. The van der Waals surface area contributed by atoms with Crippen molar-refractivity contribution in [2.24, 2.45) is 0 Å². The summed E-state index contributed by atoms with van der Waals surface area (Å²) in [5.41, 5.74) is 5.37. The van der Waals surface area contributed by atoms with Gasteiger partial charge in [-0.2, -0.15) is 0 Å². The molecule has 2 aromatic rings. The van der Waals surface area contributed by atoms with Crippen molar-refractivity contribution in [3.8, 4) is 23.0 Å². The van der Waals surface area contributed by atoms with Gasteiger partial charge in [-0.05, 0) is 66.5 Å². The average molecular weight is 495 g/mol. The molecule has 2 rings (SSSR count). The first-order valence-corrected chi connectivity index (χ1v) is 10.6. The lowest BCUT2D eigenvalue weighted by molar-refractivity contribution is 0.0846. The zero-order chi connectivity index (χ0) is 23.0. The Balaban J connectivity index is 2.10. The molecule has 2 aromatic carbocycles. The summed E-state index contributed by atoms with van der Waals surface area (Å²) >= 11 is 3.40. The van der Waals surface area contributed by atoms with Gasteiger partial charge in [-0.25, -0.2) is 0 Å². The lowest BCUT2D eigenvalue weighted by atomic mass is 10.2. The molecule has 2 N–H and O–H groups in total. The maximum Gasteiger partial charge on any atom is 0.269 e. The quantitative estimate of drug-likeness (QED) is 0.509. The Hall–Kier alpha value is -2.94. The van der Waals surface area contributed by atoms with E-state index in [-0.39, 0.29) is 11.7 Å². The molecule has 0 aliphatic heterocycles. The molecule has 0 bridgehead atoms. The maximum absolute atomic E-state index is 12.5. The van der Waals surface area contributed by atoms with Crippen molar-refractivity contribution in [1.29, 1.82) is 0 Å². The molecule has 0 unspecified atom stereocenters. The minimum Gasteiger partial charge on any atom is -0.493 e. The third kappa shape index (κ3) is 6.52. The number of nitrogens with one attached hydrogen (secondary N) is 2. The molecule has 0 saturated heterocycles. The van der Waals surface area contributed by atoms with E-state index in [2.05, 4.69) is 26.8 Å². The van der Waals surface area contributed by atoms with Crippen LogP contribution in [-0.2, 0) is 0 Å². The van der Waals surface area contributed by atoms with Crippen LogP contribution in [0.2, 0.25) is 0 Å². The molecule has 0 heterocycles. The second-order valence-corrected chi connectivity index (χ2v) is 7.63. The highest BCUT2D eigenvalue weighted by molar-refractivity contribution is 9.10. The SMILES string of the molecule is CCCOc1c(Br)cc(C(=O)NNC(=O)c2ccc(OC(C)C)c(OC)c2)cc1OC. The van der Waals surface area contributed by atoms with Crippen LogP contribution in [0.3, 0.4) is 0 Å². The molecule has 168 valence electrons. The van der Waals surface area contributed by atoms with Crippen LogP contribution >= 0.6 is 15.9 Å². The van der Waals surface area contributed by atoms with Crippen LogP contribution in [-0.4, -0.2) is 38.7 Å². The van der Waals surface area contributed by atoms with Crippen molar-refractivity contribution >= 4 is 27.7 Å². The largest absolute Gasteiger partial charge is 0.493 e. The number of carbonyl (C=O) groups excluding carboxylic acids is 2. The number of methoxy groups -OCH3 is 2. The van der Waals surface area contributed by atoms with Gasteiger partial charge in [0, 0.05) is 11.1 Å². The number of hydrogen-bond acceptors (Lipinski definition) is 6. The number of rotatable bonds is 9. The van der Waals surface area contributed by atoms with E-state index in [1.807, 2.05) is 20.8 Å². The Morgan fingerprint density at radius 2 is 1.55 bits per heavy atom. The summed E-state index contributed by atoms with van der Waals surface area (Å²) in [5, 5.41) is 0. The Morgan fingerprint density at radius 3 is 2.13 bits per heavy atom. The highest BCUT2D eigenvalue weighted by atomic mass is 79.9. The topological polar surface area (TPSA) is 95.1 Å². The monoisotopic (exact) mass is 494 g/mol. The first kappa shape index (κ1) is 24.3. The summed E-state index contributed by atoms with van der Waals surface area (Å²) < 4.78 is 22.5. The Labute approximate surface area is 190 Å². The van der Waals surface area contributed by atoms with Gasteiger partial charge in [-0.1, -0.05) is 6.92 Å². The van der Waals surface area contributed by atoms with E-state index in [4.69, 9.17) is 18.9 Å². The van der Waals surface area contributed by atoms with Crippen molar-refractivity contribution in [1.82, 2.24) is 10.9 Å². The molecule has 0 fully saturated rings. The molecular formula is C22H27BrN2O6. The van der Waals surface area contributed by atoms with Crippen molar-refractivity contribution in [3.63, 3.8) is 0 Å². The highest BCUT2D eigenvalue weighted by Gasteiger charge is 2.17. The number of ether oxygens (including phenoxy) is 4. The second-order valence-electron chi connectivity index (χ2n) is 6.78. The van der Waals surface area contributed by atoms with Crippen molar-refractivity contribution in [3.05, 3.63) is 45.9 Å². The van der Waals surface area contributed by atoms with Gasteiger partial charge >= 0.3 is 0 Å². The van der Waals surface area contributed by atoms with E-state index in [1.165, 1.54) is 20.3 Å². The molecule has 0 atom stereocenters. The summed E-state index contributed by atoms with van der Waals surface area (Å²) in [4.78, 5) is 25.0. The second kappa shape index (κ2) is 11.5. The molecule has 0 spiro atoms. The van der Waals surface area contributed by atoms with Gasteiger partial charge < -0.3 is 18.9 Å². The molecule has 0 radical (unpaired) electrons. The van der Waals surface area contributed by atoms with Crippen LogP contribution in [0.4, 0.5) is 0 Å². The van der Waals surface area contributed by atoms with Crippen molar-refractivity contribution < 1.29 is 28.5 Å². The fourth-order valence-electron chi connectivity index (χ4n) is 2.61. The van der Waals surface area contributed by atoms with Crippen LogP contribution in [0.5, 0.6) is 23.0 Å². The normalized spacial score (nSPS) is 10.4. The summed E-state index contributed by atoms with van der Waals surface area (Å²) in [5.74, 6) is 0.854. The molecule has 0 aromatic heterocycles. The number of benzene rings is 2. The van der Waals surface area contributed by atoms with Gasteiger partial charge in [0.05, 0.1) is 31.4 Å². The van der Waals surface area contributed by atoms with Crippen LogP contribution in [0.15, 0.2) is 34.8 Å². The molecular weight excluding hydrogens is 468 g/mol. The molecule has 0 aliphatic rings. The number of amides is 2. The Bertz CT molecular complexity index is 932. The van der Waals surface area contributed by atoms with Gasteiger partial charge in [0.25, 0.3) is 11.8 Å². The predicted octanol–water partition coefficient (Wildman–Crippen LogP) is 4.12. The van der Waals surface area contributed by atoms with E-state index in [0.717, 1.165) is 6.42 Å². The average Bonchev–Trinajstić information content (AvgIpc) is 2.75. The molecule has 31 heavy (non-hydrogen) atoms. The van der Waals surface area contributed by atoms with Crippen LogP contribution in [0.1, 0.15) is 47.9 Å². The van der Waals surface area contributed by atoms with E-state index in [0.29, 0.717) is 39.6 Å². The van der Waals surface area contributed by atoms with Crippen LogP contribution in [0, 0.1) is 0 Å². The fraction of sp³-hybridized carbons (Fsp3) is 0.364. The third-order valence-corrected chi connectivity index (χ3v) is 4.61. The Kier molecular flexibility index (Phi) is 8.99.